The van der Waals surface area contributed by atoms with E-state index in [0.717, 1.165) is 19.0 Å². The fourth-order valence-electron chi connectivity index (χ4n) is 3.27. The van der Waals surface area contributed by atoms with E-state index >= 15 is 0 Å². The van der Waals surface area contributed by atoms with Crippen LogP contribution in [0.1, 0.15) is 37.8 Å². The van der Waals surface area contributed by atoms with Gasteiger partial charge in [-0.1, -0.05) is 31.2 Å². The Morgan fingerprint density at radius 3 is 2.56 bits per heavy atom. The predicted octanol–water partition coefficient (Wildman–Crippen LogP) is 2.06. The zero-order valence-corrected chi connectivity index (χ0v) is 17.3. The lowest BCUT2D eigenvalue weighted by atomic mass is 9.99. The molecule has 2 rings (SSSR count). The molecule has 150 valence electrons. The minimum Gasteiger partial charge on any atom is -0.357 e. The number of hydrogen-bond acceptors (Lipinski definition) is 3. The summed E-state index contributed by atoms with van der Waals surface area (Å²) in [5, 5.41) is 6.26. The minimum atomic E-state index is 0.0250. The summed E-state index contributed by atoms with van der Waals surface area (Å²) in [4.78, 5) is 20.4. The van der Waals surface area contributed by atoms with Crippen LogP contribution in [0.4, 0.5) is 0 Å². The Bertz CT molecular complexity index is 612. The number of rotatable bonds is 7. The molecule has 0 radical (unpaired) electrons. The van der Waals surface area contributed by atoms with Crippen LogP contribution in [-0.4, -0.2) is 61.9 Å². The van der Waals surface area contributed by atoms with Crippen LogP contribution in [0.25, 0.3) is 0 Å². The number of nitrogens with one attached hydrogen (secondary N) is 2. The van der Waals surface area contributed by atoms with Crippen molar-refractivity contribution in [1.29, 1.82) is 0 Å². The van der Waals surface area contributed by atoms with E-state index in [2.05, 4.69) is 51.7 Å². The summed E-state index contributed by atoms with van der Waals surface area (Å²) < 4.78 is 0. The maximum absolute atomic E-state index is 11.7. The first kappa shape index (κ1) is 21.2. The van der Waals surface area contributed by atoms with Crippen molar-refractivity contribution in [2.24, 2.45) is 10.9 Å². The Labute approximate surface area is 164 Å². The van der Waals surface area contributed by atoms with E-state index in [1.165, 1.54) is 37.1 Å². The van der Waals surface area contributed by atoms with E-state index < -0.39 is 0 Å². The van der Waals surface area contributed by atoms with E-state index in [4.69, 9.17) is 0 Å². The number of nitrogens with zero attached hydrogens (tertiary/aromatic N) is 3. The molecule has 1 aliphatic heterocycles. The number of guanidine groups is 1. The van der Waals surface area contributed by atoms with Gasteiger partial charge in [-0.25, -0.2) is 4.99 Å². The van der Waals surface area contributed by atoms with Crippen molar-refractivity contribution >= 4 is 11.9 Å². The van der Waals surface area contributed by atoms with Gasteiger partial charge in [-0.2, -0.15) is 0 Å². The Morgan fingerprint density at radius 1 is 1.22 bits per heavy atom. The van der Waals surface area contributed by atoms with Gasteiger partial charge in [0, 0.05) is 33.7 Å². The van der Waals surface area contributed by atoms with Gasteiger partial charge in [-0.05, 0) is 43.4 Å². The fourth-order valence-corrected chi connectivity index (χ4v) is 3.27. The van der Waals surface area contributed by atoms with E-state index in [9.17, 15) is 4.79 Å². The molecule has 0 bridgehead atoms. The molecule has 0 saturated carbocycles. The molecule has 1 saturated heterocycles. The Hall–Kier alpha value is -2.08. The van der Waals surface area contributed by atoms with Gasteiger partial charge < -0.3 is 15.5 Å². The van der Waals surface area contributed by atoms with Crippen molar-refractivity contribution in [2.45, 2.75) is 39.8 Å². The molecule has 0 aliphatic carbocycles. The highest BCUT2D eigenvalue weighted by molar-refractivity contribution is 5.86. The van der Waals surface area contributed by atoms with Gasteiger partial charge >= 0.3 is 0 Å². The van der Waals surface area contributed by atoms with Crippen LogP contribution in [0, 0.1) is 5.92 Å². The van der Waals surface area contributed by atoms with Crippen LogP contribution in [0.15, 0.2) is 29.3 Å². The van der Waals surface area contributed by atoms with Crippen molar-refractivity contribution in [3.05, 3.63) is 35.4 Å². The van der Waals surface area contributed by atoms with Crippen molar-refractivity contribution < 1.29 is 4.79 Å². The predicted molar refractivity (Wildman–Crippen MR) is 112 cm³/mol. The number of likely N-dealkylation sites (N-methyl/N-ethyl adjacent to an activating group) is 1. The normalized spacial score (nSPS) is 18.2. The second-order valence-electron chi connectivity index (χ2n) is 7.64. The fraction of sp³-hybridized carbons (Fsp3) is 0.619. The summed E-state index contributed by atoms with van der Waals surface area (Å²) in [5.41, 5.74) is 2.53. The molecule has 1 aliphatic rings. The third kappa shape index (κ3) is 7.59. The second-order valence-corrected chi connectivity index (χ2v) is 7.64. The molecular weight excluding hydrogens is 338 g/mol. The molecule has 0 spiro atoms. The van der Waals surface area contributed by atoms with Crippen LogP contribution < -0.4 is 10.6 Å². The molecule has 2 N–H and O–H groups in total. The van der Waals surface area contributed by atoms with Crippen LogP contribution in [0.5, 0.6) is 0 Å². The monoisotopic (exact) mass is 373 g/mol. The van der Waals surface area contributed by atoms with E-state index in [-0.39, 0.29) is 12.5 Å². The quantitative estimate of drug-likeness (QED) is 0.567. The zero-order chi connectivity index (χ0) is 19.6. The van der Waals surface area contributed by atoms with Crippen LogP contribution in [-0.2, 0) is 17.9 Å². The van der Waals surface area contributed by atoms with Crippen LogP contribution in [0.3, 0.4) is 0 Å². The number of piperidine rings is 1. The van der Waals surface area contributed by atoms with Gasteiger partial charge in [0.2, 0.25) is 5.91 Å². The largest absolute Gasteiger partial charge is 0.357 e. The van der Waals surface area contributed by atoms with Gasteiger partial charge in [0.1, 0.15) is 0 Å². The third-order valence-corrected chi connectivity index (χ3v) is 4.84. The van der Waals surface area contributed by atoms with Crippen LogP contribution in [0.2, 0.25) is 0 Å². The second kappa shape index (κ2) is 10.9. The summed E-state index contributed by atoms with van der Waals surface area (Å²) in [5.74, 6) is 1.50. The Morgan fingerprint density at radius 2 is 1.93 bits per heavy atom. The SMILES string of the molecule is CCNC(=NCc1ccc(CN2CCCC(C)C2)cc1)NCC(=O)N(C)C. The highest BCUT2D eigenvalue weighted by Gasteiger charge is 2.16. The standard InChI is InChI=1S/C21H35N5O/c1-5-22-21(24-14-20(27)25(3)4)23-13-18-8-10-19(11-9-18)16-26-12-6-7-17(2)15-26/h8-11,17H,5-7,12-16H2,1-4H3,(H2,22,23,24). The topological polar surface area (TPSA) is 60.0 Å². The molecule has 1 amide bonds. The lowest BCUT2D eigenvalue weighted by Gasteiger charge is -2.30. The summed E-state index contributed by atoms with van der Waals surface area (Å²) in [6.07, 6.45) is 2.67. The average Bonchev–Trinajstić information content (AvgIpc) is 2.65. The molecule has 0 aromatic heterocycles. The minimum absolute atomic E-state index is 0.0250. The molecule has 27 heavy (non-hydrogen) atoms. The highest BCUT2D eigenvalue weighted by Crippen LogP contribution is 2.18. The van der Waals surface area contributed by atoms with Gasteiger partial charge in [0.25, 0.3) is 0 Å². The van der Waals surface area contributed by atoms with Crippen molar-refractivity contribution in [1.82, 2.24) is 20.4 Å². The highest BCUT2D eigenvalue weighted by atomic mass is 16.2. The van der Waals surface area contributed by atoms with Crippen molar-refractivity contribution in [3.63, 3.8) is 0 Å². The maximum atomic E-state index is 11.7. The Balaban J connectivity index is 1.87. The maximum Gasteiger partial charge on any atom is 0.241 e. The molecule has 1 heterocycles. The average molecular weight is 374 g/mol. The molecule has 1 atom stereocenters. The smallest absolute Gasteiger partial charge is 0.241 e. The lowest BCUT2D eigenvalue weighted by molar-refractivity contribution is -0.127. The number of hydrogen-bond donors (Lipinski definition) is 2. The molecule has 1 aromatic rings. The number of carbonyl (C=O) groups excluding carboxylic acids is 1. The molecule has 6 nitrogen and oxygen atoms in total. The number of carbonyl (C=O) groups is 1. The number of aliphatic imine (C=N–C) groups is 1. The summed E-state index contributed by atoms with van der Waals surface area (Å²) in [7, 11) is 3.50. The molecule has 1 aromatic carbocycles. The molecule has 1 fully saturated rings. The van der Waals surface area contributed by atoms with Crippen molar-refractivity contribution in [3.8, 4) is 0 Å². The third-order valence-electron chi connectivity index (χ3n) is 4.84. The van der Waals surface area contributed by atoms with Crippen molar-refractivity contribution in [2.75, 3.05) is 40.3 Å². The van der Waals surface area contributed by atoms with E-state index in [1.807, 2.05) is 6.92 Å². The summed E-state index contributed by atoms with van der Waals surface area (Å²) in [6.45, 7) is 9.39. The van der Waals surface area contributed by atoms with Gasteiger partial charge in [0.15, 0.2) is 5.96 Å². The first-order valence-corrected chi connectivity index (χ1v) is 10.0. The van der Waals surface area contributed by atoms with Gasteiger partial charge in [-0.15, -0.1) is 0 Å². The Kier molecular flexibility index (Phi) is 8.58. The molecule has 1 unspecified atom stereocenters. The molecule has 6 heteroatoms. The molecular formula is C21H35N5O. The first-order chi connectivity index (χ1) is 13.0. The lowest BCUT2D eigenvalue weighted by Crippen LogP contribution is -2.42. The van der Waals surface area contributed by atoms with Gasteiger partial charge in [-0.3, -0.25) is 9.69 Å². The number of likely N-dealkylation sites (tertiary alicyclic amines) is 1. The zero-order valence-electron chi connectivity index (χ0n) is 17.3. The summed E-state index contributed by atoms with van der Waals surface area (Å²) in [6, 6.07) is 8.72. The number of amides is 1. The van der Waals surface area contributed by atoms with Crippen LogP contribution >= 0.6 is 0 Å². The van der Waals surface area contributed by atoms with E-state index in [1.54, 1.807) is 19.0 Å². The number of benzene rings is 1. The first-order valence-electron chi connectivity index (χ1n) is 10.0. The van der Waals surface area contributed by atoms with E-state index in [0.29, 0.717) is 12.5 Å². The summed E-state index contributed by atoms with van der Waals surface area (Å²) >= 11 is 0. The van der Waals surface area contributed by atoms with Gasteiger partial charge in [0.05, 0.1) is 13.1 Å².